The summed E-state index contributed by atoms with van der Waals surface area (Å²) >= 11 is 0. The fraction of sp³-hybridized carbons (Fsp3) is 0.412. The molecule has 0 bridgehead atoms. The molecule has 0 aliphatic carbocycles. The van der Waals surface area contributed by atoms with Crippen molar-refractivity contribution in [1.29, 1.82) is 0 Å². The maximum atomic E-state index is 14.3. The summed E-state index contributed by atoms with van der Waals surface area (Å²) in [5.41, 5.74) is 7.04. The predicted molar refractivity (Wildman–Crippen MR) is 86.1 cm³/mol. The molecule has 0 amide bonds. The van der Waals surface area contributed by atoms with Gasteiger partial charge in [0.05, 0.1) is 6.04 Å². The molecule has 1 unspecified atom stereocenters. The van der Waals surface area contributed by atoms with Gasteiger partial charge in [-0.05, 0) is 25.8 Å². The highest BCUT2D eigenvalue weighted by Crippen LogP contribution is 2.35. The molecule has 1 aliphatic heterocycles. The molecule has 1 aliphatic rings. The van der Waals surface area contributed by atoms with Crippen LogP contribution in [0.2, 0.25) is 0 Å². The molecule has 1 aromatic heterocycles. The first-order valence-corrected chi connectivity index (χ1v) is 7.87. The molecular formula is C17H20F2N4. The molecule has 1 atom stereocenters. The summed E-state index contributed by atoms with van der Waals surface area (Å²) in [5.74, 6) is -0.164. The lowest BCUT2D eigenvalue weighted by molar-refractivity contribution is 0.527. The van der Waals surface area contributed by atoms with Gasteiger partial charge in [-0.25, -0.2) is 13.8 Å². The van der Waals surface area contributed by atoms with Crippen molar-refractivity contribution in [2.75, 3.05) is 17.2 Å². The van der Waals surface area contributed by atoms with E-state index in [0.29, 0.717) is 11.4 Å². The molecule has 4 nitrogen and oxygen atoms in total. The van der Waals surface area contributed by atoms with Gasteiger partial charge in [0.25, 0.3) is 0 Å². The standard InChI is InChI=1S/C17H20F2N4/c1-11-9-16(22-17(20)21-11)23-8-4-2-3-5-15(23)13-7-6-12(18)10-14(13)19/h6-7,9-10,15H,2-5,8H2,1H3,(H2,20,21,22). The van der Waals surface area contributed by atoms with Gasteiger partial charge in [-0.3, -0.25) is 0 Å². The molecule has 2 aromatic rings. The van der Waals surface area contributed by atoms with E-state index in [1.54, 1.807) is 0 Å². The Morgan fingerprint density at radius 3 is 2.70 bits per heavy atom. The zero-order chi connectivity index (χ0) is 16.4. The number of rotatable bonds is 2. The van der Waals surface area contributed by atoms with Crippen LogP contribution in [0.25, 0.3) is 0 Å². The predicted octanol–water partition coefficient (Wildman–Crippen LogP) is 3.77. The summed E-state index contributed by atoms with van der Waals surface area (Å²) in [6, 6.07) is 5.46. The van der Waals surface area contributed by atoms with Crippen molar-refractivity contribution < 1.29 is 8.78 Å². The molecule has 23 heavy (non-hydrogen) atoms. The van der Waals surface area contributed by atoms with Crippen molar-refractivity contribution >= 4 is 11.8 Å². The minimum absolute atomic E-state index is 0.174. The van der Waals surface area contributed by atoms with Crippen molar-refractivity contribution in [3.8, 4) is 0 Å². The summed E-state index contributed by atoms with van der Waals surface area (Å²) in [7, 11) is 0. The maximum Gasteiger partial charge on any atom is 0.222 e. The van der Waals surface area contributed by atoms with Gasteiger partial charge in [-0.15, -0.1) is 0 Å². The van der Waals surface area contributed by atoms with Crippen LogP contribution in [0.4, 0.5) is 20.5 Å². The summed E-state index contributed by atoms with van der Waals surface area (Å²) in [5, 5.41) is 0. The van der Waals surface area contributed by atoms with E-state index < -0.39 is 11.6 Å². The van der Waals surface area contributed by atoms with Gasteiger partial charge in [0.15, 0.2) is 0 Å². The smallest absolute Gasteiger partial charge is 0.222 e. The van der Waals surface area contributed by atoms with Crippen molar-refractivity contribution in [3.05, 3.63) is 47.2 Å². The first-order valence-electron chi connectivity index (χ1n) is 7.87. The molecule has 1 fully saturated rings. The number of aromatic nitrogens is 2. The van der Waals surface area contributed by atoms with Crippen LogP contribution < -0.4 is 10.6 Å². The number of hydrogen-bond donors (Lipinski definition) is 1. The average Bonchev–Trinajstić information content (AvgIpc) is 2.72. The zero-order valence-electron chi connectivity index (χ0n) is 13.1. The summed E-state index contributed by atoms with van der Waals surface area (Å²) in [6.45, 7) is 2.62. The van der Waals surface area contributed by atoms with Crippen LogP contribution in [0, 0.1) is 18.6 Å². The van der Waals surface area contributed by atoms with Crippen LogP contribution in [0.5, 0.6) is 0 Å². The first-order chi connectivity index (χ1) is 11.0. The Bertz CT molecular complexity index is 685. The van der Waals surface area contributed by atoms with Crippen molar-refractivity contribution in [2.24, 2.45) is 0 Å². The van der Waals surface area contributed by atoms with E-state index >= 15 is 0 Å². The second-order valence-electron chi connectivity index (χ2n) is 5.95. The Labute approximate surface area is 134 Å². The number of halogens is 2. The number of benzene rings is 1. The number of nitrogens with two attached hydrogens (primary N) is 1. The third-order valence-electron chi connectivity index (χ3n) is 4.23. The molecule has 0 saturated carbocycles. The van der Waals surface area contributed by atoms with Gasteiger partial charge in [-0.2, -0.15) is 4.98 Å². The Morgan fingerprint density at radius 2 is 1.96 bits per heavy atom. The maximum absolute atomic E-state index is 14.3. The van der Waals surface area contributed by atoms with Crippen molar-refractivity contribution in [3.63, 3.8) is 0 Å². The van der Waals surface area contributed by atoms with Crippen LogP contribution in [-0.2, 0) is 0 Å². The largest absolute Gasteiger partial charge is 0.368 e. The van der Waals surface area contributed by atoms with E-state index in [-0.39, 0.29) is 12.0 Å². The highest BCUT2D eigenvalue weighted by Gasteiger charge is 2.26. The van der Waals surface area contributed by atoms with Crippen molar-refractivity contribution in [1.82, 2.24) is 9.97 Å². The lowest BCUT2D eigenvalue weighted by atomic mass is 10.00. The minimum atomic E-state index is -0.562. The summed E-state index contributed by atoms with van der Waals surface area (Å²) in [4.78, 5) is 10.5. The molecular weight excluding hydrogens is 298 g/mol. The zero-order valence-corrected chi connectivity index (χ0v) is 13.1. The van der Waals surface area contributed by atoms with Crippen LogP contribution in [-0.4, -0.2) is 16.5 Å². The number of nitrogen functional groups attached to an aromatic ring is 1. The number of nitrogens with zero attached hydrogens (tertiary/aromatic N) is 3. The number of anilines is 2. The van der Waals surface area contributed by atoms with E-state index in [9.17, 15) is 8.78 Å². The third kappa shape index (κ3) is 3.41. The SMILES string of the molecule is Cc1cc(N2CCCCCC2c2ccc(F)cc2F)nc(N)n1. The van der Waals surface area contributed by atoms with E-state index in [4.69, 9.17) is 5.73 Å². The Hall–Kier alpha value is -2.24. The van der Waals surface area contributed by atoms with Crippen LogP contribution in [0.15, 0.2) is 24.3 Å². The van der Waals surface area contributed by atoms with Gasteiger partial charge in [0, 0.05) is 29.9 Å². The topological polar surface area (TPSA) is 55.0 Å². The second kappa shape index (κ2) is 6.48. The fourth-order valence-electron chi connectivity index (χ4n) is 3.20. The van der Waals surface area contributed by atoms with E-state index in [0.717, 1.165) is 44.0 Å². The average molecular weight is 318 g/mol. The molecule has 2 heterocycles. The van der Waals surface area contributed by atoms with Gasteiger partial charge < -0.3 is 10.6 Å². The Balaban J connectivity index is 2.03. The number of aryl methyl sites for hydroxylation is 1. The molecule has 0 spiro atoms. The molecule has 2 N–H and O–H groups in total. The highest BCUT2D eigenvalue weighted by molar-refractivity contribution is 5.46. The van der Waals surface area contributed by atoms with E-state index in [1.165, 1.54) is 12.1 Å². The molecule has 6 heteroatoms. The first kappa shape index (κ1) is 15.6. The molecule has 3 rings (SSSR count). The van der Waals surface area contributed by atoms with Gasteiger partial charge in [-0.1, -0.05) is 18.9 Å². The summed E-state index contributed by atoms with van der Waals surface area (Å²) in [6.07, 6.45) is 3.88. The molecule has 1 saturated heterocycles. The van der Waals surface area contributed by atoms with Gasteiger partial charge in [0.1, 0.15) is 17.5 Å². The Kier molecular flexibility index (Phi) is 4.41. The monoisotopic (exact) mass is 318 g/mol. The lowest BCUT2D eigenvalue weighted by Crippen LogP contribution is -2.30. The van der Waals surface area contributed by atoms with E-state index in [2.05, 4.69) is 14.9 Å². The quantitative estimate of drug-likeness (QED) is 0.916. The van der Waals surface area contributed by atoms with Crippen LogP contribution in [0.1, 0.15) is 43.0 Å². The molecule has 1 aromatic carbocycles. The number of hydrogen-bond acceptors (Lipinski definition) is 4. The van der Waals surface area contributed by atoms with Crippen molar-refractivity contribution in [2.45, 2.75) is 38.6 Å². The second-order valence-corrected chi connectivity index (χ2v) is 5.95. The normalized spacial score (nSPS) is 18.7. The minimum Gasteiger partial charge on any atom is -0.368 e. The fourth-order valence-corrected chi connectivity index (χ4v) is 3.20. The molecule has 0 radical (unpaired) electrons. The van der Waals surface area contributed by atoms with Crippen LogP contribution >= 0.6 is 0 Å². The van der Waals surface area contributed by atoms with Crippen LogP contribution in [0.3, 0.4) is 0 Å². The lowest BCUT2D eigenvalue weighted by Gasteiger charge is -2.32. The Morgan fingerprint density at radius 1 is 1.13 bits per heavy atom. The van der Waals surface area contributed by atoms with Gasteiger partial charge in [0.2, 0.25) is 5.95 Å². The highest BCUT2D eigenvalue weighted by atomic mass is 19.1. The third-order valence-corrected chi connectivity index (χ3v) is 4.23. The molecule has 122 valence electrons. The summed E-state index contributed by atoms with van der Waals surface area (Å²) < 4.78 is 27.5. The van der Waals surface area contributed by atoms with Gasteiger partial charge >= 0.3 is 0 Å². The van der Waals surface area contributed by atoms with E-state index in [1.807, 2.05) is 13.0 Å².